The highest BCUT2D eigenvalue weighted by Crippen LogP contribution is 2.62. The van der Waals surface area contributed by atoms with Gasteiger partial charge < -0.3 is 14.7 Å². The van der Waals surface area contributed by atoms with Crippen molar-refractivity contribution in [2.24, 2.45) is 5.92 Å². The number of aliphatic carboxylic acids is 1. The van der Waals surface area contributed by atoms with Crippen LogP contribution in [0.15, 0.2) is 24.3 Å². The van der Waals surface area contributed by atoms with Gasteiger partial charge in [-0.25, -0.2) is 4.79 Å². The van der Waals surface area contributed by atoms with Gasteiger partial charge in [-0.15, -0.1) is 0 Å². The molecule has 2 aliphatic carbocycles. The summed E-state index contributed by atoms with van der Waals surface area (Å²) in [7, 11) is 0. The minimum atomic E-state index is -0.977. The fourth-order valence-electron chi connectivity index (χ4n) is 4.19. The van der Waals surface area contributed by atoms with E-state index in [4.69, 9.17) is 4.74 Å². The van der Waals surface area contributed by atoms with Crippen LogP contribution in [-0.4, -0.2) is 47.7 Å². The molecule has 0 radical (unpaired) electrons. The minimum Gasteiger partial charge on any atom is -0.480 e. The molecule has 1 aromatic carbocycles. The molecule has 1 saturated carbocycles. The fourth-order valence-corrected chi connectivity index (χ4v) is 4.19. The van der Waals surface area contributed by atoms with Crippen LogP contribution < -0.4 is 0 Å². The second kappa shape index (κ2) is 4.81. The van der Waals surface area contributed by atoms with Crippen molar-refractivity contribution in [2.75, 3.05) is 19.8 Å². The van der Waals surface area contributed by atoms with E-state index in [1.54, 1.807) is 0 Å². The molecule has 1 amide bonds. The number of hydrogen-bond acceptors (Lipinski definition) is 3. The van der Waals surface area contributed by atoms with Crippen LogP contribution in [0.4, 0.5) is 0 Å². The van der Waals surface area contributed by atoms with Crippen LogP contribution in [-0.2, 0) is 26.2 Å². The van der Waals surface area contributed by atoms with Crippen molar-refractivity contribution in [3.63, 3.8) is 0 Å². The van der Waals surface area contributed by atoms with E-state index in [1.807, 2.05) is 12.1 Å². The standard InChI is InChI=1S/C17H19NO4/c19-15(18-7-8-22-10-14(18)16(20)21)13-9-17(13)6-5-11-3-1-2-4-12(11)17/h1-4,13-14H,5-10H2,(H,20,21)/t13-,14-,17-/m0/s1. The first-order valence-electron chi connectivity index (χ1n) is 7.83. The number of nitrogens with zero attached hydrogens (tertiary/aromatic N) is 1. The average Bonchev–Trinajstić information content (AvgIpc) is 3.16. The predicted octanol–water partition coefficient (Wildman–Crippen LogP) is 1.20. The third-order valence-electron chi connectivity index (χ3n) is 5.46. The Morgan fingerprint density at radius 3 is 2.95 bits per heavy atom. The molecule has 1 aromatic rings. The van der Waals surface area contributed by atoms with Gasteiger partial charge in [0.25, 0.3) is 0 Å². The lowest BCUT2D eigenvalue weighted by Gasteiger charge is -2.33. The molecule has 4 rings (SSSR count). The molecule has 0 bridgehead atoms. The van der Waals surface area contributed by atoms with Gasteiger partial charge in [-0.2, -0.15) is 0 Å². The zero-order valence-corrected chi connectivity index (χ0v) is 12.3. The maximum atomic E-state index is 12.9. The Kier molecular flexibility index (Phi) is 3.01. The molecule has 0 unspecified atom stereocenters. The summed E-state index contributed by atoms with van der Waals surface area (Å²) in [6.07, 6.45) is 2.88. The number of rotatable bonds is 2. The lowest BCUT2D eigenvalue weighted by molar-refractivity contribution is -0.159. The van der Waals surface area contributed by atoms with Crippen LogP contribution >= 0.6 is 0 Å². The van der Waals surface area contributed by atoms with E-state index in [0.29, 0.717) is 13.2 Å². The van der Waals surface area contributed by atoms with Gasteiger partial charge in [0.05, 0.1) is 13.2 Å². The monoisotopic (exact) mass is 301 g/mol. The molecule has 1 heterocycles. The highest BCUT2D eigenvalue weighted by Gasteiger charge is 2.62. The summed E-state index contributed by atoms with van der Waals surface area (Å²) in [4.78, 5) is 25.7. The Bertz CT molecular complexity index is 643. The van der Waals surface area contributed by atoms with Crippen LogP contribution in [0.2, 0.25) is 0 Å². The molecular formula is C17H19NO4. The molecule has 116 valence electrons. The third kappa shape index (κ3) is 1.88. The summed E-state index contributed by atoms with van der Waals surface area (Å²) in [6.45, 7) is 0.896. The fraction of sp³-hybridized carbons (Fsp3) is 0.529. The molecule has 3 aliphatic rings. The lowest BCUT2D eigenvalue weighted by atomic mass is 9.94. The summed E-state index contributed by atoms with van der Waals surface area (Å²) in [5.74, 6) is -1.04. The molecule has 0 aromatic heterocycles. The second-order valence-corrected chi connectivity index (χ2v) is 6.53. The van der Waals surface area contributed by atoms with Gasteiger partial charge in [-0.1, -0.05) is 24.3 Å². The normalized spacial score (nSPS) is 32.8. The summed E-state index contributed by atoms with van der Waals surface area (Å²) < 4.78 is 5.22. The van der Waals surface area contributed by atoms with E-state index in [2.05, 4.69) is 12.1 Å². The van der Waals surface area contributed by atoms with Crippen molar-refractivity contribution in [3.05, 3.63) is 35.4 Å². The highest BCUT2D eigenvalue weighted by atomic mass is 16.5. The van der Waals surface area contributed by atoms with E-state index in [9.17, 15) is 14.7 Å². The Hall–Kier alpha value is -1.88. The van der Waals surface area contributed by atoms with Crippen LogP contribution in [0.5, 0.6) is 0 Å². The number of carboxylic acids is 1. The Labute approximate surface area is 128 Å². The van der Waals surface area contributed by atoms with Gasteiger partial charge in [0.1, 0.15) is 0 Å². The molecule has 2 fully saturated rings. The van der Waals surface area contributed by atoms with E-state index in [0.717, 1.165) is 19.3 Å². The maximum Gasteiger partial charge on any atom is 0.328 e. The molecule has 1 N–H and O–H groups in total. The lowest BCUT2D eigenvalue weighted by Crippen LogP contribution is -2.53. The second-order valence-electron chi connectivity index (χ2n) is 6.53. The van der Waals surface area contributed by atoms with Crippen LogP contribution in [0.1, 0.15) is 24.0 Å². The number of carbonyl (C=O) groups is 2. The van der Waals surface area contributed by atoms with Crippen molar-refractivity contribution < 1.29 is 19.4 Å². The van der Waals surface area contributed by atoms with Crippen molar-refractivity contribution in [2.45, 2.75) is 30.7 Å². The molecule has 22 heavy (non-hydrogen) atoms. The smallest absolute Gasteiger partial charge is 0.328 e. The highest BCUT2D eigenvalue weighted by molar-refractivity contribution is 5.89. The SMILES string of the molecule is O=C(O)[C@@H]1COCCN1C(=O)[C@@H]1C[C@]12CCc1ccccc12. The predicted molar refractivity (Wildman–Crippen MR) is 78.5 cm³/mol. The number of ether oxygens (including phenoxy) is 1. The Morgan fingerprint density at radius 1 is 1.32 bits per heavy atom. The van der Waals surface area contributed by atoms with Crippen molar-refractivity contribution in [3.8, 4) is 0 Å². The van der Waals surface area contributed by atoms with Gasteiger partial charge >= 0.3 is 5.97 Å². The first-order chi connectivity index (χ1) is 10.6. The van der Waals surface area contributed by atoms with E-state index >= 15 is 0 Å². The number of carbonyl (C=O) groups excluding carboxylic acids is 1. The number of aryl methyl sites for hydroxylation is 1. The molecule has 1 aliphatic heterocycles. The van der Waals surface area contributed by atoms with Crippen molar-refractivity contribution in [1.82, 2.24) is 4.90 Å². The molecular weight excluding hydrogens is 282 g/mol. The number of carboxylic acid groups (broad SMARTS) is 1. The van der Waals surface area contributed by atoms with Crippen molar-refractivity contribution >= 4 is 11.9 Å². The Morgan fingerprint density at radius 2 is 2.14 bits per heavy atom. The summed E-state index contributed by atoms with van der Waals surface area (Å²) >= 11 is 0. The first kappa shape index (κ1) is 13.8. The van der Waals surface area contributed by atoms with E-state index < -0.39 is 12.0 Å². The van der Waals surface area contributed by atoms with E-state index in [1.165, 1.54) is 16.0 Å². The molecule has 1 saturated heterocycles. The van der Waals surface area contributed by atoms with Crippen LogP contribution in [0, 0.1) is 5.92 Å². The van der Waals surface area contributed by atoms with Crippen LogP contribution in [0.25, 0.3) is 0 Å². The zero-order chi connectivity index (χ0) is 15.3. The van der Waals surface area contributed by atoms with Gasteiger partial charge in [-0.05, 0) is 30.4 Å². The van der Waals surface area contributed by atoms with Gasteiger partial charge in [0.2, 0.25) is 5.91 Å². The number of fused-ring (bicyclic) bond motifs is 2. The number of hydrogen-bond donors (Lipinski definition) is 1. The van der Waals surface area contributed by atoms with Gasteiger partial charge in [0, 0.05) is 17.9 Å². The minimum absolute atomic E-state index is 0.00703. The quantitative estimate of drug-likeness (QED) is 0.891. The van der Waals surface area contributed by atoms with Crippen molar-refractivity contribution in [1.29, 1.82) is 0 Å². The number of amides is 1. The largest absolute Gasteiger partial charge is 0.480 e. The maximum absolute atomic E-state index is 12.9. The number of benzene rings is 1. The molecule has 5 heteroatoms. The topological polar surface area (TPSA) is 66.8 Å². The summed E-state index contributed by atoms with van der Waals surface area (Å²) in [6, 6.07) is 7.50. The van der Waals surface area contributed by atoms with E-state index in [-0.39, 0.29) is 23.8 Å². The molecule has 3 atom stereocenters. The zero-order valence-electron chi connectivity index (χ0n) is 12.3. The summed E-state index contributed by atoms with van der Waals surface area (Å²) in [5.41, 5.74) is 2.61. The van der Waals surface area contributed by atoms with Gasteiger partial charge in [0.15, 0.2) is 6.04 Å². The first-order valence-corrected chi connectivity index (χ1v) is 7.83. The average molecular weight is 301 g/mol. The molecule has 1 spiro atoms. The van der Waals surface area contributed by atoms with Crippen LogP contribution in [0.3, 0.4) is 0 Å². The molecule has 5 nitrogen and oxygen atoms in total. The van der Waals surface area contributed by atoms with Gasteiger partial charge in [-0.3, -0.25) is 4.79 Å². The third-order valence-corrected chi connectivity index (χ3v) is 5.46. The number of morpholine rings is 1. The summed E-state index contributed by atoms with van der Waals surface area (Å²) in [5, 5.41) is 9.30. The Balaban J connectivity index is 1.57.